The molecule has 2 N–H and O–H groups in total. The first-order chi connectivity index (χ1) is 16.3. The zero-order valence-corrected chi connectivity index (χ0v) is 19.9. The van der Waals surface area contributed by atoms with E-state index in [1.807, 2.05) is 0 Å². The van der Waals surface area contributed by atoms with Gasteiger partial charge in [0.1, 0.15) is 18.5 Å². The van der Waals surface area contributed by atoms with Crippen molar-refractivity contribution in [1.82, 2.24) is 9.62 Å². The molecule has 1 atom stereocenters. The summed E-state index contributed by atoms with van der Waals surface area (Å²) in [6.07, 6.45) is 3.91. The van der Waals surface area contributed by atoms with E-state index in [1.54, 1.807) is 37.4 Å². The third kappa shape index (κ3) is 5.63. The zero-order chi connectivity index (χ0) is 24.1. The van der Waals surface area contributed by atoms with Gasteiger partial charge in [-0.25, -0.2) is 8.42 Å². The Bertz CT molecular complexity index is 1120. The number of benzene rings is 2. The molecule has 1 amide bonds. The summed E-state index contributed by atoms with van der Waals surface area (Å²) in [6, 6.07) is 11.0. The van der Waals surface area contributed by atoms with Crippen LogP contribution in [0.4, 0.5) is 0 Å². The van der Waals surface area contributed by atoms with Crippen LogP contribution in [-0.2, 0) is 10.0 Å². The molecule has 1 saturated carbocycles. The Hall–Kier alpha value is -2.82. The van der Waals surface area contributed by atoms with Crippen molar-refractivity contribution >= 4 is 15.9 Å². The van der Waals surface area contributed by atoms with Gasteiger partial charge in [-0.2, -0.15) is 4.31 Å². The molecule has 4 rings (SSSR count). The number of aliphatic hydroxyl groups excluding tert-OH is 1. The molecule has 0 bridgehead atoms. The molecule has 34 heavy (non-hydrogen) atoms. The Labute approximate surface area is 199 Å². The molecule has 1 heterocycles. The summed E-state index contributed by atoms with van der Waals surface area (Å²) in [4.78, 5) is 12.7. The highest BCUT2D eigenvalue weighted by Gasteiger charge is 2.29. The van der Waals surface area contributed by atoms with Crippen molar-refractivity contribution in [3.63, 3.8) is 0 Å². The van der Waals surface area contributed by atoms with Crippen molar-refractivity contribution in [2.75, 3.05) is 27.0 Å². The Morgan fingerprint density at radius 3 is 2.71 bits per heavy atom. The molecule has 0 radical (unpaired) electrons. The van der Waals surface area contributed by atoms with Crippen LogP contribution in [0.5, 0.6) is 17.2 Å². The van der Waals surface area contributed by atoms with Crippen LogP contribution in [-0.4, -0.2) is 62.9 Å². The summed E-state index contributed by atoms with van der Waals surface area (Å²) in [5, 5.41) is 12.8. The van der Waals surface area contributed by atoms with Gasteiger partial charge in [0.2, 0.25) is 16.8 Å². The molecule has 1 unspecified atom stereocenters. The highest BCUT2D eigenvalue weighted by molar-refractivity contribution is 7.89. The van der Waals surface area contributed by atoms with Gasteiger partial charge >= 0.3 is 0 Å². The number of fused-ring (bicyclic) bond motifs is 1. The van der Waals surface area contributed by atoms with E-state index in [2.05, 4.69) is 5.32 Å². The molecule has 2 aromatic rings. The third-order valence-corrected chi connectivity index (χ3v) is 8.05. The number of hydrogen-bond acceptors (Lipinski definition) is 7. The fourth-order valence-corrected chi connectivity index (χ4v) is 5.60. The maximum Gasteiger partial charge on any atom is 0.251 e. The van der Waals surface area contributed by atoms with Gasteiger partial charge in [-0.05, 0) is 43.2 Å². The lowest BCUT2D eigenvalue weighted by molar-refractivity contribution is 0.0843. The lowest BCUT2D eigenvalue weighted by Crippen LogP contribution is -2.38. The molecule has 9 nitrogen and oxygen atoms in total. The van der Waals surface area contributed by atoms with E-state index in [1.165, 1.54) is 16.4 Å². The quantitative estimate of drug-likeness (QED) is 0.555. The van der Waals surface area contributed by atoms with Gasteiger partial charge in [0, 0.05) is 31.3 Å². The number of nitrogens with zero attached hydrogens (tertiary/aromatic N) is 1. The number of amides is 1. The third-order valence-electron chi connectivity index (χ3n) is 6.15. The highest BCUT2D eigenvalue weighted by Crippen LogP contribution is 2.35. The van der Waals surface area contributed by atoms with Gasteiger partial charge in [-0.3, -0.25) is 4.79 Å². The molecule has 2 aliphatic rings. The van der Waals surface area contributed by atoms with Crippen LogP contribution in [0.2, 0.25) is 0 Å². The van der Waals surface area contributed by atoms with Crippen molar-refractivity contribution in [2.24, 2.45) is 0 Å². The van der Waals surface area contributed by atoms with E-state index in [0.717, 1.165) is 32.1 Å². The number of carbonyl (C=O) groups excluding carboxylic acids is 1. The first-order valence-corrected chi connectivity index (χ1v) is 12.9. The fourth-order valence-electron chi connectivity index (χ4n) is 4.14. The number of rotatable bonds is 9. The topological polar surface area (TPSA) is 114 Å². The van der Waals surface area contributed by atoms with Crippen molar-refractivity contribution < 1.29 is 32.5 Å². The number of nitrogens with one attached hydrogen (secondary N) is 1. The van der Waals surface area contributed by atoms with Crippen LogP contribution >= 0.6 is 0 Å². The number of ether oxygens (including phenoxy) is 3. The minimum Gasteiger partial charge on any atom is -0.491 e. The first kappa shape index (κ1) is 24.3. The lowest BCUT2D eigenvalue weighted by atomic mass is 9.96. The summed E-state index contributed by atoms with van der Waals surface area (Å²) in [7, 11) is -2.10. The van der Waals surface area contributed by atoms with Gasteiger partial charge in [0.05, 0.1) is 4.90 Å². The molecule has 1 fully saturated rings. The molecular weight excluding hydrogens is 460 g/mol. The van der Waals surface area contributed by atoms with Crippen LogP contribution in [0.25, 0.3) is 0 Å². The van der Waals surface area contributed by atoms with Crippen LogP contribution in [0.3, 0.4) is 0 Å². The van der Waals surface area contributed by atoms with Crippen molar-refractivity contribution in [3.8, 4) is 17.2 Å². The summed E-state index contributed by atoms with van der Waals surface area (Å²) in [6.45, 7) is 0.0652. The summed E-state index contributed by atoms with van der Waals surface area (Å²) in [5.74, 6) is 1.24. The molecule has 0 spiro atoms. The maximum atomic E-state index is 13.1. The molecule has 2 aromatic carbocycles. The number of hydrogen-bond donors (Lipinski definition) is 2. The first-order valence-electron chi connectivity index (χ1n) is 11.4. The summed E-state index contributed by atoms with van der Waals surface area (Å²) >= 11 is 0. The predicted octanol–water partition coefficient (Wildman–Crippen LogP) is 2.54. The summed E-state index contributed by atoms with van der Waals surface area (Å²) < 4.78 is 43.7. The number of aliphatic hydroxyl groups is 1. The van der Waals surface area contributed by atoms with Gasteiger partial charge in [-0.1, -0.05) is 25.3 Å². The van der Waals surface area contributed by atoms with Crippen LogP contribution < -0.4 is 19.5 Å². The molecule has 184 valence electrons. The van der Waals surface area contributed by atoms with Crippen LogP contribution in [0.1, 0.15) is 42.5 Å². The minimum absolute atomic E-state index is 0.0175. The Morgan fingerprint density at radius 1 is 1.15 bits per heavy atom. The second-order valence-corrected chi connectivity index (χ2v) is 10.5. The van der Waals surface area contributed by atoms with E-state index < -0.39 is 22.0 Å². The second-order valence-electron chi connectivity index (χ2n) is 8.53. The number of sulfonamides is 1. The fraction of sp³-hybridized carbons (Fsp3) is 0.458. The molecule has 1 aliphatic carbocycles. The van der Waals surface area contributed by atoms with Gasteiger partial charge in [-0.15, -0.1) is 0 Å². The SMILES string of the molecule is CN(C1CCCCC1)S(=O)(=O)c1cccc(C(=O)NCC(O)COc2ccc3c(c2)OCO3)c1. The monoisotopic (exact) mass is 490 g/mol. The van der Waals surface area contributed by atoms with Crippen LogP contribution in [0, 0.1) is 0 Å². The smallest absolute Gasteiger partial charge is 0.251 e. The Kier molecular flexibility index (Phi) is 7.60. The van der Waals surface area contributed by atoms with E-state index in [-0.39, 0.29) is 36.4 Å². The van der Waals surface area contributed by atoms with Gasteiger partial charge in [0.15, 0.2) is 11.5 Å². The maximum absolute atomic E-state index is 13.1. The van der Waals surface area contributed by atoms with Gasteiger partial charge in [0.25, 0.3) is 5.91 Å². The van der Waals surface area contributed by atoms with Crippen molar-refractivity contribution in [2.45, 2.75) is 49.1 Å². The molecule has 0 saturated heterocycles. The number of carbonyl (C=O) groups is 1. The second kappa shape index (κ2) is 10.6. The molecule has 1 aliphatic heterocycles. The standard InChI is InChI=1S/C24H30N2O7S/c1-26(18-7-3-2-4-8-18)34(29,30)21-9-5-6-17(12-21)24(28)25-14-19(27)15-31-20-10-11-22-23(13-20)33-16-32-22/h5-6,9-13,18-19,27H,2-4,7-8,14-16H2,1H3,(H,25,28). The van der Waals surface area contributed by atoms with Crippen LogP contribution in [0.15, 0.2) is 47.4 Å². The Morgan fingerprint density at radius 2 is 1.91 bits per heavy atom. The summed E-state index contributed by atoms with van der Waals surface area (Å²) in [5.41, 5.74) is 0.210. The van der Waals surface area contributed by atoms with Gasteiger partial charge < -0.3 is 24.6 Å². The highest BCUT2D eigenvalue weighted by atomic mass is 32.2. The Balaban J connectivity index is 1.31. The minimum atomic E-state index is -3.70. The van der Waals surface area contributed by atoms with E-state index in [0.29, 0.717) is 17.2 Å². The van der Waals surface area contributed by atoms with E-state index in [4.69, 9.17) is 14.2 Å². The van der Waals surface area contributed by atoms with E-state index >= 15 is 0 Å². The van der Waals surface area contributed by atoms with Crippen molar-refractivity contribution in [1.29, 1.82) is 0 Å². The normalized spacial score (nSPS) is 16.9. The lowest BCUT2D eigenvalue weighted by Gasteiger charge is -2.30. The zero-order valence-electron chi connectivity index (χ0n) is 19.1. The average molecular weight is 491 g/mol. The average Bonchev–Trinajstić information content (AvgIpc) is 3.34. The largest absolute Gasteiger partial charge is 0.491 e. The van der Waals surface area contributed by atoms with Crippen molar-refractivity contribution in [3.05, 3.63) is 48.0 Å². The predicted molar refractivity (Wildman–Crippen MR) is 125 cm³/mol. The van der Waals surface area contributed by atoms with E-state index in [9.17, 15) is 18.3 Å². The molecule has 10 heteroatoms. The molecule has 0 aromatic heterocycles. The molecular formula is C24H30N2O7S.